The number of nitrogens with zero attached hydrogens (tertiary/aromatic N) is 2. The Balaban J connectivity index is 1.61. The maximum absolute atomic E-state index is 13.4. The molecule has 1 unspecified atom stereocenters. The highest BCUT2D eigenvalue weighted by Crippen LogP contribution is 2.38. The molecule has 0 radical (unpaired) electrons. The van der Waals surface area contributed by atoms with Crippen LogP contribution in [0.1, 0.15) is 18.4 Å². The first-order chi connectivity index (χ1) is 15.1. The number of carbonyl (C=O) groups is 1. The maximum Gasteiger partial charge on any atom is 0.231 e. The minimum Gasteiger partial charge on any atom is -0.343 e. The molecule has 3 aromatic carbocycles. The Morgan fingerprint density at radius 3 is 2.48 bits per heavy atom. The predicted octanol–water partition coefficient (Wildman–Crippen LogP) is 6.14. The van der Waals surface area contributed by atoms with E-state index in [2.05, 4.69) is 46.2 Å². The largest absolute Gasteiger partial charge is 0.343 e. The molecule has 0 fully saturated rings. The molecule has 0 spiro atoms. The summed E-state index contributed by atoms with van der Waals surface area (Å²) in [6.45, 7) is 1.97. The summed E-state index contributed by atoms with van der Waals surface area (Å²) in [6, 6.07) is 28.3. The summed E-state index contributed by atoms with van der Waals surface area (Å²) >= 11 is 0. The summed E-state index contributed by atoms with van der Waals surface area (Å²) in [7, 11) is 2.06. The number of benzene rings is 3. The van der Waals surface area contributed by atoms with Crippen molar-refractivity contribution < 1.29 is 4.79 Å². The number of nitrogens with one attached hydrogen (secondary N) is 1. The Morgan fingerprint density at radius 1 is 0.903 bits per heavy atom. The number of carbonyl (C=O) groups excluding carboxylic acids is 1. The van der Waals surface area contributed by atoms with E-state index in [0.717, 1.165) is 44.3 Å². The third-order valence-corrected chi connectivity index (χ3v) is 5.91. The fourth-order valence-corrected chi connectivity index (χ4v) is 4.38. The zero-order valence-corrected chi connectivity index (χ0v) is 17.5. The summed E-state index contributed by atoms with van der Waals surface area (Å²) in [5.74, 6) is -0.396. The van der Waals surface area contributed by atoms with Gasteiger partial charge in [0.15, 0.2) is 0 Å². The van der Waals surface area contributed by atoms with E-state index in [4.69, 9.17) is 0 Å². The molecule has 1 atom stereocenters. The number of amides is 1. The van der Waals surface area contributed by atoms with Crippen molar-refractivity contribution in [3.8, 4) is 11.3 Å². The van der Waals surface area contributed by atoms with Crippen molar-refractivity contribution in [2.75, 3.05) is 5.32 Å². The van der Waals surface area contributed by atoms with E-state index in [1.807, 2.05) is 67.6 Å². The van der Waals surface area contributed by atoms with E-state index < -0.39 is 0 Å². The summed E-state index contributed by atoms with van der Waals surface area (Å²) in [5, 5.41) is 5.23. The number of hydrogen-bond acceptors (Lipinski definition) is 2. The van der Waals surface area contributed by atoms with Crippen molar-refractivity contribution in [2.24, 2.45) is 7.05 Å². The van der Waals surface area contributed by atoms with Gasteiger partial charge in [-0.05, 0) is 36.2 Å². The van der Waals surface area contributed by atoms with Crippen LogP contribution in [0.25, 0.3) is 33.1 Å². The SMILES string of the molecule is CC(C(=O)Nc1cccc2cccnc12)c1c(-c2ccccc2)n(C)c2ccccc12. The van der Waals surface area contributed by atoms with Gasteiger partial charge >= 0.3 is 0 Å². The van der Waals surface area contributed by atoms with Gasteiger partial charge in [-0.25, -0.2) is 0 Å². The van der Waals surface area contributed by atoms with E-state index in [1.165, 1.54) is 0 Å². The third kappa shape index (κ3) is 3.26. The van der Waals surface area contributed by atoms with E-state index in [1.54, 1.807) is 6.20 Å². The Bertz CT molecular complexity index is 1400. The molecule has 0 saturated carbocycles. The van der Waals surface area contributed by atoms with Gasteiger partial charge in [-0.1, -0.05) is 66.7 Å². The first kappa shape index (κ1) is 19.1. The lowest BCUT2D eigenvalue weighted by Gasteiger charge is -2.16. The van der Waals surface area contributed by atoms with Crippen molar-refractivity contribution in [1.82, 2.24) is 9.55 Å². The summed E-state index contributed by atoms with van der Waals surface area (Å²) < 4.78 is 2.18. The predicted molar refractivity (Wildman–Crippen MR) is 127 cm³/mol. The zero-order chi connectivity index (χ0) is 21.4. The van der Waals surface area contributed by atoms with Gasteiger partial charge in [0.2, 0.25) is 5.91 Å². The monoisotopic (exact) mass is 405 g/mol. The van der Waals surface area contributed by atoms with Gasteiger partial charge < -0.3 is 9.88 Å². The molecule has 2 heterocycles. The van der Waals surface area contributed by atoms with Crippen LogP contribution < -0.4 is 5.32 Å². The third-order valence-electron chi connectivity index (χ3n) is 5.91. The molecule has 2 aromatic heterocycles. The molecule has 0 aliphatic carbocycles. The van der Waals surface area contributed by atoms with E-state index in [0.29, 0.717) is 0 Å². The van der Waals surface area contributed by atoms with Gasteiger partial charge in [-0.15, -0.1) is 0 Å². The van der Waals surface area contributed by atoms with Gasteiger partial charge in [0.25, 0.3) is 0 Å². The number of aromatic nitrogens is 2. The second-order valence-corrected chi connectivity index (χ2v) is 7.80. The van der Waals surface area contributed by atoms with Crippen LogP contribution in [-0.2, 0) is 11.8 Å². The summed E-state index contributed by atoms with van der Waals surface area (Å²) in [6.07, 6.45) is 1.75. The molecule has 5 rings (SSSR count). The Kier molecular flexibility index (Phi) is 4.75. The quantitative estimate of drug-likeness (QED) is 0.391. The highest BCUT2D eigenvalue weighted by Gasteiger charge is 2.26. The number of para-hydroxylation sites is 2. The van der Waals surface area contributed by atoms with E-state index in [9.17, 15) is 4.79 Å². The van der Waals surface area contributed by atoms with Crippen LogP contribution in [0, 0.1) is 0 Å². The average molecular weight is 406 g/mol. The molecule has 4 nitrogen and oxygen atoms in total. The van der Waals surface area contributed by atoms with Crippen LogP contribution in [0.2, 0.25) is 0 Å². The first-order valence-corrected chi connectivity index (χ1v) is 10.4. The van der Waals surface area contributed by atoms with Crippen molar-refractivity contribution in [2.45, 2.75) is 12.8 Å². The molecule has 0 aliphatic rings. The second-order valence-electron chi connectivity index (χ2n) is 7.80. The number of rotatable bonds is 4. The van der Waals surface area contributed by atoms with Gasteiger partial charge in [-0.2, -0.15) is 0 Å². The maximum atomic E-state index is 13.4. The average Bonchev–Trinajstić information content (AvgIpc) is 3.12. The molecule has 152 valence electrons. The van der Waals surface area contributed by atoms with Gasteiger partial charge in [0.05, 0.1) is 22.8 Å². The molecule has 5 aromatic rings. The molecule has 31 heavy (non-hydrogen) atoms. The molecule has 4 heteroatoms. The lowest BCUT2D eigenvalue weighted by atomic mass is 9.93. The van der Waals surface area contributed by atoms with Crippen LogP contribution in [0.15, 0.2) is 91.1 Å². The molecule has 0 saturated heterocycles. The molecule has 1 amide bonds. The highest BCUT2D eigenvalue weighted by atomic mass is 16.1. The van der Waals surface area contributed by atoms with E-state index >= 15 is 0 Å². The number of fused-ring (bicyclic) bond motifs is 2. The fourth-order valence-electron chi connectivity index (χ4n) is 4.38. The standard InChI is InChI=1S/C27H23N3O/c1-18(27(31)29-22-15-8-12-19-13-9-17-28-25(19)22)24-21-14-6-7-16-23(21)30(2)26(24)20-10-4-3-5-11-20/h3-18H,1-2H3,(H,29,31). The van der Waals surface area contributed by atoms with Crippen LogP contribution in [0.5, 0.6) is 0 Å². The van der Waals surface area contributed by atoms with E-state index in [-0.39, 0.29) is 11.8 Å². The van der Waals surface area contributed by atoms with Crippen molar-refractivity contribution in [3.63, 3.8) is 0 Å². The minimum absolute atomic E-state index is 0.0494. The van der Waals surface area contributed by atoms with Crippen LogP contribution in [0.4, 0.5) is 5.69 Å². The Hall–Kier alpha value is -3.92. The number of hydrogen-bond donors (Lipinski definition) is 1. The first-order valence-electron chi connectivity index (χ1n) is 10.4. The molecule has 0 bridgehead atoms. The fraction of sp³-hybridized carbons (Fsp3) is 0.111. The second kappa shape index (κ2) is 7.73. The normalized spacial score (nSPS) is 12.2. The molecule has 0 aliphatic heterocycles. The van der Waals surface area contributed by atoms with Gasteiger partial charge in [0.1, 0.15) is 0 Å². The van der Waals surface area contributed by atoms with Crippen LogP contribution in [-0.4, -0.2) is 15.5 Å². The molecule has 1 N–H and O–H groups in total. The lowest BCUT2D eigenvalue weighted by molar-refractivity contribution is -0.117. The highest BCUT2D eigenvalue weighted by molar-refractivity contribution is 6.05. The Labute approximate surface area is 181 Å². The van der Waals surface area contributed by atoms with Crippen molar-refractivity contribution in [1.29, 1.82) is 0 Å². The van der Waals surface area contributed by atoms with Crippen molar-refractivity contribution in [3.05, 3.63) is 96.7 Å². The van der Waals surface area contributed by atoms with Gasteiger partial charge in [-0.3, -0.25) is 9.78 Å². The number of pyridine rings is 1. The molecular weight excluding hydrogens is 382 g/mol. The number of aryl methyl sites for hydroxylation is 1. The lowest BCUT2D eigenvalue weighted by Crippen LogP contribution is -2.19. The topological polar surface area (TPSA) is 46.9 Å². The van der Waals surface area contributed by atoms with Crippen LogP contribution >= 0.6 is 0 Å². The summed E-state index contributed by atoms with van der Waals surface area (Å²) in [5.41, 5.74) is 5.85. The number of anilines is 1. The minimum atomic E-state index is -0.347. The summed E-state index contributed by atoms with van der Waals surface area (Å²) in [4.78, 5) is 17.9. The van der Waals surface area contributed by atoms with Crippen LogP contribution in [0.3, 0.4) is 0 Å². The Morgan fingerprint density at radius 2 is 1.65 bits per heavy atom. The van der Waals surface area contributed by atoms with Gasteiger partial charge in [0, 0.05) is 29.5 Å². The zero-order valence-electron chi connectivity index (χ0n) is 17.5. The van der Waals surface area contributed by atoms with Crippen molar-refractivity contribution >= 4 is 33.4 Å². The smallest absolute Gasteiger partial charge is 0.231 e. The molecular formula is C27H23N3O.